The molecule has 7 heteroatoms. The van der Waals surface area contributed by atoms with Crippen molar-refractivity contribution in [2.45, 2.75) is 12.6 Å². The van der Waals surface area contributed by atoms with E-state index in [9.17, 15) is 4.79 Å². The van der Waals surface area contributed by atoms with Gasteiger partial charge in [-0.15, -0.1) is 0 Å². The van der Waals surface area contributed by atoms with Crippen molar-refractivity contribution in [2.24, 2.45) is 5.73 Å². The molecule has 0 radical (unpaired) electrons. The van der Waals surface area contributed by atoms with Gasteiger partial charge in [-0.05, 0) is 45.2 Å². The number of halogens is 2. The van der Waals surface area contributed by atoms with Crippen LogP contribution in [-0.2, 0) is 16.1 Å². The summed E-state index contributed by atoms with van der Waals surface area (Å²) in [5, 5.41) is 0. The van der Waals surface area contributed by atoms with Crippen molar-refractivity contribution in [3.8, 4) is 0 Å². The molecule has 0 aliphatic rings. The molecule has 0 aliphatic heterocycles. The van der Waals surface area contributed by atoms with Crippen molar-refractivity contribution in [3.05, 3.63) is 13.7 Å². The van der Waals surface area contributed by atoms with Crippen LogP contribution in [0, 0.1) is 7.40 Å². The highest BCUT2D eigenvalue weighted by Gasteiger charge is 2.16. The summed E-state index contributed by atoms with van der Waals surface area (Å²) >= 11 is 4.28. The number of hydrogen-bond donors (Lipinski definition) is 1. The summed E-state index contributed by atoms with van der Waals surface area (Å²) < 4.78 is 8.23. The largest absolute Gasteiger partial charge is 0.468 e. The lowest BCUT2D eigenvalue weighted by atomic mass is 10.3. The lowest BCUT2D eigenvalue weighted by Gasteiger charge is -2.10. The predicted molar refractivity (Wildman–Crippen MR) is 67.7 cm³/mol. The maximum Gasteiger partial charge on any atom is 0.324 e. The quantitative estimate of drug-likeness (QED) is 0.574. The van der Waals surface area contributed by atoms with Gasteiger partial charge in [0.1, 0.15) is 13.4 Å². The molecule has 5 nitrogen and oxygen atoms in total. The first kappa shape index (κ1) is 12.2. The van der Waals surface area contributed by atoms with Gasteiger partial charge in [-0.3, -0.25) is 4.79 Å². The van der Waals surface area contributed by atoms with E-state index >= 15 is 0 Å². The van der Waals surface area contributed by atoms with Gasteiger partial charge in [0.25, 0.3) is 0 Å². The summed E-state index contributed by atoms with van der Waals surface area (Å²) in [5.74, 6) is -0.412. The maximum atomic E-state index is 11.0. The molecule has 2 N–H and O–H groups in total. The van der Waals surface area contributed by atoms with E-state index in [4.69, 9.17) is 5.73 Å². The fourth-order valence-electron chi connectivity index (χ4n) is 0.908. The zero-order valence-corrected chi connectivity index (χ0v) is 11.7. The van der Waals surface area contributed by atoms with Crippen LogP contribution >= 0.6 is 45.2 Å². The van der Waals surface area contributed by atoms with Crippen LogP contribution in [0.5, 0.6) is 0 Å². The van der Waals surface area contributed by atoms with Gasteiger partial charge >= 0.3 is 5.97 Å². The number of aromatic nitrogens is 2. The number of rotatable bonds is 3. The number of esters is 1. The fraction of sp³-hybridized carbons (Fsp3) is 0.429. The number of carbonyl (C=O) groups is 1. The summed E-state index contributed by atoms with van der Waals surface area (Å²) in [6, 6.07) is -0.640. The van der Waals surface area contributed by atoms with Gasteiger partial charge in [-0.2, -0.15) is 0 Å². The zero-order valence-electron chi connectivity index (χ0n) is 7.41. The second-order valence-corrected chi connectivity index (χ2v) is 4.65. The molecule has 0 saturated carbocycles. The number of methoxy groups -OCH3 is 1. The molecule has 1 atom stereocenters. The van der Waals surface area contributed by atoms with Crippen LogP contribution in [0.25, 0.3) is 0 Å². The fourth-order valence-corrected chi connectivity index (χ4v) is 1.80. The second kappa shape index (κ2) is 5.26. The minimum absolute atomic E-state index is 0.390. The maximum absolute atomic E-state index is 11.0. The molecule has 1 aromatic rings. The third-order valence-electron chi connectivity index (χ3n) is 1.63. The number of imidazole rings is 1. The van der Waals surface area contributed by atoms with Crippen LogP contribution < -0.4 is 5.73 Å². The Balaban J connectivity index is 2.69. The van der Waals surface area contributed by atoms with Gasteiger partial charge in [-0.25, -0.2) is 4.98 Å². The van der Waals surface area contributed by atoms with Crippen LogP contribution in [0.2, 0.25) is 0 Å². The monoisotopic (exact) mass is 421 g/mol. The van der Waals surface area contributed by atoms with Crippen LogP contribution in [0.1, 0.15) is 0 Å². The standard InChI is InChI=1S/C7H9I2N3O2/c1-14-7(13)4(10)2-12-3-11-5(8)6(12)9/h3-4H,2,10H2,1H3. The van der Waals surface area contributed by atoms with E-state index in [0.29, 0.717) is 6.54 Å². The number of hydrogen-bond acceptors (Lipinski definition) is 4. The average molecular weight is 421 g/mol. The third-order valence-corrected chi connectivity index (χ3v) is 4.58. The summed E-state index contributed by atoms with van der Waals surface area (Å²) in [6.45, 7) is 0.390. The predicted octanol–water partition coefficient (Wildman–Crippen LogP) is 0.593. The highest BCUT2D eigenvalue weighted by Crippen LogP contribution is 2.13. The molecular formula is C7H9I2N3O2. The summed E-state index contributed by atoms with van der Waals surface area (Å²) in [5.41, 5.74) is 5.61. The van der Waals surface area contributed by atoms with Gasteiger partial charge in [0.05, 0.1) is 20.0 Å². The third kappa shape index (κ3) is 2.79. The minimum atomic E-state index is -0.640. The summed E-state index contributed by atoms with van der Waals surface area (Å²) in [6.07, 6.45) is 1.66. The Morgan fingerprint density at radius 2 is 2.43 bits per heavy atom. The van der Waals surface area contributed by atoms with Gasteiger partial charge in [0, 0.05) is 0 Å². The molecule has 78 valence electrons. The highest BCUT2D eigenvalue weighted by atomic mass is 127. The highest BCUT2D eigenvalue weighted by molar-refractivity contribution is 14.1. The first-order chi connectivity index (χ1) is 6.56. The zero-order chi connectivity index (χ0) is 10.7. The Kier molecular flexibility index (Phi) is 4.57. The molecule has 0 aliphatic carbocycles. The SMILES string of the molecule is COC(=O)C(N)Cn1cnc(I)c1I. The molecule has 0 spiro atoms. The van der Waals surface area contributed by atoms with Crippen LogP contribution in [0.15, 0.2) is 6.33 Å². The molecule has 0 fully saturated rings. The molecule has 1 unspecified atom stereocenters. The summed E-state index contributed by atoms with van der Waals surface area (Å²) in [4.78, 5) is 15.1. The molecule has 1 heterocycles. The Bertz CT molecular complexity index is 340. The molecule has 0 amide bonds. The minimum Gasteiger partial charge on any atom is -0.468 e. The molecular weight excluding hydrogens is 412 g/mol. The Labute approximate surface area is 109 Å². The lowest BCUT2D eigenvalue weighted by molar-refractivity contribution is -0.142. The number of nitrogens with two attached hydrogens (primary N) is 1. The number of carbonyl (C=O) groups excluding carboxylic acids is 1. The van der Waals surface area contributed by atoms with Crippen molar-refractivity contribution in [2.75, 3.05) is 7.11 Å². The van der Waals surface area contributed by atoms with E-state index in [1.54, 1.807) is 6.33 Å². The Morgan fingerprint density at radius 3 is 2.86 bits per heavy atom. The van der Waals surface area contributed by atoms with E-state index in [-0.39, 0.29) is 0 Å². The van der Waals surface area contributed by atoms with Crippen molar-refractivity contribution >= 4 is 51.2 Å². The van der Waals surface area contributed by atoms with E-state index in [2.05, 4.69) is 54.9 Å². The molecule has 0 bridgehead atoms. The smallest absolute Gasteiger partial charge is 0.324 e. The first-order valence-corrected chi connectivity index (χ1v) is 5.91. The molecule has 0 aromatic carbocycles. The van der Waals surface area contributed by atoms with Crippen molar-refractivity contribution in [1.29, 1.82) is 0 Å². The number of ether oxygens (including phenoxy) is 1. The van der Waals surface area contributed by atoms with Gasteiger partial charge in [0.15, 0.2) is 0 Å². The van der Waals surface area contributed by atoms with Crippen LogP contribution in [0.3, 0.4) is 0 Å². The lowest BCUT2D eigenvalue weighted by Crippen LogP contribution is -2.35. The van der Waals surface area contributed by atoms with Crippen molar-refractivity contribution in [3.63, 3.8) is 0 Å². The Hall–Kier alpha value is 0.100. The van der Waals surface area contributed by atoms with Crippen LogP contribution in [-0.4, -0.2) is 28.7 Å². The average Bonchev–Trinajstić information content (AvgIpc) is 2.48. The van der Waals surface area contributed by atoms with Gasteiger partial charge < -0.3 is 15.0 Å². The normalized spacial score (nSPS) is 12.6. The molecule has 14 heavy (non-hydrogen) atoms. The summed E-state index contributed by atoms with van der Waals surface area (Å²) in [7, 11) is 1.32. The van der Waals surface area contributed by atoms with Crippen molar-refractivity contribution < 1.29 is 9.53 Å². The van der Waals surface area contributed by atoms with Gasteiger partial charge in [0.2, 0.25) is 0 Å². The number of nitrogens with zero attached hydrogens (tertiary/aromatic N) is 2. The topological polar surface area (TPSA) is 70.1 Å². The molecule has 1 rings (SSSR count). The van der Waals surface area contributed by atoms with Crippen molar-refractivity contribution in [1.82, 2.24) is 9.55 Å². The second-order valence-electron chi connectivity index (χ2n) is 2.61. The van der Waals surface area contributed by atoms with Crippen LogP contribution in [0.4, 0.5) is 0 Å². The first-order valence-electron chi connectivity index (χ1n) is 3.75. The van der Waals surface area contributed by atoms with E-state index < -0.39 is 12.0 Å². The molecule has 0 saturated heterocycles. The molecule has 1 aromatic heterocycles. The van der Waals surface area contributed by atoms with E-state index in [1.807, 2.05) is 4.57 Å². The van der Waals surface area contributed by atoms with Gasteiger partial charge in [-0.1, -0.05) is 0 Å². The van der Waals surface area contributed by atoms with E-state index in [1.165, 1.54) is 7.11 Å². The Morgan fingerprint density at radius 1 is 1.79 bits per heavy atom. The van der Waals surface area contributed by atoms with E-state index in [0.717, 1.165) is 7.40 Å².